The third-order valence-electron chi connectivity index (χ3n) is 3.03. The van der Waals surface area contributed by atoms with Crippen molar-refractivity contribution in [3.8, 4) is 0 Å². The highest BCUT2D eigenvalue weighted by molar-refractivity contribution is 6.08. The number of rotatable bonds is 0. The minimum absolute atomic E-state index is 0.179. The Morgan fingerprint density at radius 3 is 2.38 bits per heavy atom. The summed E-state index contributed by atoms with van der Waals surface area (Å²) in [6.07, 6.45) is 0. The molecule has 0 heterocycles. The van der Waals surface area contributed by atoms with Gasteiger partial charge in [-0.2, -0.15) is 0 Å². The van der Waals surface area contributed by atoms with Crippen LogP contribution in [-0.2, 0) is 0 Å². The van der Waals surface area contributed by atoms with Gasteiger partial charge in [-0.3, -0.25) is 0 Å². The molecule has 0 aliphatic rings. The minimum Gasteiger partial charge on any atom is -0.207 e. The molecule has 3 aromatic rings. The van der Waals surface area contributed by atoms with E-state index in [4.69, 9.17) is 0 Å². The lowest BCUT2D eigenvalue weighted by Gasteiger charge is -2.07. The first-order valence-corrected chi connectivity index (χ1v) is 5.33. The Morgan fingerprint density at radius 2 is 1.56 bits per heavy atom. The van der Waals surface area contributed by atoms with Crippen molar-refractivity contribution < 1.29 is 4.39 Å². The van der Waals surface area contributed by atoms with E-state index in [9.17, 15) is 4.39 Å². The van der Waals surface area contributed by atoms with Gasteiger partial charge >= 0.3 is 0 Å². The molecule has 0 saturated heterocycles. The Bertz CT molecular complexity index is 683. The molecule has 0 amide bonds. The second kappa shape index (κ2) is 3.31. The average molecular weight is 210 g/mol. The third-order valence-corrected chi connectivity index (χ3v) is 3.03. The predicted molar refractivity (Wildman–Crippen MR) is 66.1 cm³/mol. The summed E-state index contributed by atoms with van der Waals surface area (Å²) in [7, 11) is 0. The summed E-state index contributed by atoms with van der Waals surface area (Å²) in [4.78, 5) is 0. The first-order chi connectivity index (χ1) is 7.75. The molecule has 0 aliphatic carbocycles. The minimum atomic E-state index is -0.179. The zero-order chi connectivity index (χ0) is 11.1. The van der Waals surface area contributed by atoms with Crippen molar-refractivity contribution in [3.63, 3.8) is 0 Å². The SMILES string of the molecule is Cc1cc2ccc(F)cc2c2ccccc12. The van der Waals surface area contributed by atoms with Crippen LogP contribution < -0.4 is 0 Å². The fourth-order valence-corrected chi connectivity index (χ4v) is 2.26. The molecule has 0 aromatic heterocycles. The molecule has 0 saturated carbocycles. The molecule has 0 radical (unpaired) electrons. The number of hydrogen-bond acceptors (Lipinski definition) is 0. The van der Waals surface area contributed by atoms with Crippen molar-refractivity contribution >= 4 is 21.5 Å². The summed E-state index contributed by atoms with van der Waals surface area (Å²) >= 11 is 0. The van der Waals surface area contributed by atoms with Crippen LogP contribution in [-0.4, -0.2) is 0 Å². The lowest BCUT2D eigenvalue weighted by molar-refractivity contribution is 0.630. The molecular formula is C15H11F. The average Bonchev–Trinajstić information content (AvgIpc) is 2.31. The molecule has 0 N–H and O–H groups in total. The molecule has 78 valence electrons. The van der Waals surface area contributed by atoms with Crippen molar-refractivity contribution in [2.45, 2.75) is 6.92 Å². The van der Waals surface area contributed by atoms with Crippen LogP contribution >= 0.6 is 0 Å². The summed E-state index contributed by atoms with van der Waals surface area (Å²) in [6.45, 7) is 2.09. The van der Waals surface area contributed by atoms with E-state index in [1.807, 2.05) is 24.3 Å². The van der Waals surface area contributed by atoms with Crippen molar-refractivity contribution in [1.29, 1.82) is 0 Å². The van der Waals surface area contributed by atoms with Gasteiger partial charge in [0.1, 0.15) is 5.82 Å². The Kier molecular flexibility index (Phi) is 1.93. The monoisotopic (exact) mass is 210 g/mol. The van der Waals surface area contributed by atoms with Crippen LogP contribution in [0.1, 0.15) is 5.56 Å². The van der Waals surface area contributed by atoms with Gasteiger partial charge in [0.05, 0.1) is 0 Å². The van der Waals surface area contributed by atoms with Crippen LogP contribution in [0.15, 0.2) is 48.5 Å². The van der Waals surface area contributed by atoms with Gasteiger partial charge in [0.25, 0.3) is 0 Å². The molecular weight excluding hydrogens is 199 g/mol. The van der Waals surface area contributed by atoms with Crippen molar-refractivity contribution in [2.24, 2.45) is 0 Å². The van der Waals surface area contributed by atoms with Gasteiger partial charge in [-0.1, -0.05) is 36.4 Å². The van der Waals surface area contributed by atoms with Crippen LogP contribution in [0.3, 0.4) is 0 Å². The fourth-order valence-electron chi connectivity index (χ4n) is 2.26. The Labute approximate surface area is 93.3 Å². The predicted octanol–water partition coefficient (Wildman–Crippen LogP) is 4.44. The van der Waals surface area contributed by atoms with E-state index < -0.39 is 0 Å². The Balaban J connectivity index is 2.61. The smallest absolute Gasteiger partial charge is 0.123 e. The van der Waals surface area contributed by atoms with Crippen LogP contribution in [0.25, 0.3) is 21.5 Å². The van der Waals surface area contributed by atoms with Gasteiger partial charge in [0.2, 0.25) is 0 Å². The molecule has 0 atom stereocenters. The van der Waals surface area contributed by atoms with Crippen molar-refractivity contribution in [1.82, 2.24) is 0 Å². The Morgan fingerprint density at radius 1 is 0.812 bits per heavy atom. The van der Waals surface area contributed by atoms with Gasteiger partial charge in [0, 0.05) is 0 Å². The van der Waals surface area contributed by atoms with Gasteiger partial charge in [0.15, 0.2) is 0 Å². The number of aryl methyl sites for hydroxylation is 1. The Hall–Kier alpha value is -1.89. The summed E-state index contributed by atoms with van der Waals surface area (Å²) in [5, 5.41) is 4.40. The fraction of sp³-hybridized carbons (Fsp3) is 0.0667. The molecule has 0 aliphatic heterocycles. The topological polar surface area (TPSA) is 0 Å². The summed E-state index contributed by atoms with van der Waals surface area (Å²) < 4.78 is 13.3. The maximum absolute atomic E-state index is 13.3. The molecule has 3 rings (SSSR count). The van der Waals surface area contributed by atoms with Gasteiger partial charge in [-0.25, -0.2) is 4.39 Å². The maximum Gasteiger partial charge on any atom is 0.123 e. The van der Waals surface area contributed by atoms with E-state index in [-0.39, 0.29) is 5.82 Å². The highest BCUT2D eigenvalue weighted by atomic mass is 19.1. The first kappa shape index (κ1) is 9.34. The van der Waals surface area contributed by atoms with Crippen molar-refractivity contribution in [3.05, 3.63) is 59.9 Å². The van der Waals surface area contributed by atoms with E-state index >= 15 is 0 Å². The van der Waals surface area contributed by atoms with Gasteiger partial charge in [-0.15, -0.1) is 0 Å². The zero-order valence-electron chi connectivity index (χ0n) is 9.00. The lowest BCUT2D eigenvalue weighted by Crippen LogP contribution is -1.83. The number of halogens is 1. The van der Waals surface area contributed by atoms with E-state index in [2.05, 4.69) is 19.1 Å². The summed E-state index contributed by atoms with van der Waals surface area (Å²) in [6, 6.07) is 15.2. The maximum atomic E-state index is 13.3. The molecule has 0 unspecified atom stereocenters. The van der Waals surface area contributed by atoms with Crippen LogP contribution in [0.2, 0.25) is 0 Å². The quantitative estimate of drug-likeness (QED) is 0.481. The largest absolute Gasteiger partial charge is 0.207 e. The molecule has 3 aromatic carbocycles. The highest BCUT2D eigenvalue weighted by Crippen LogP contribution is 2.28. The molecule has 0 fully saturated rings. The van der Waals surface area contributed by atoms with Crippen LogP contribution in [0.4, 0.5) is 4.39 Å². The number of hydrogen-bond donors (Lipinski definition) is 0. The van der Waals surface area contributed by atoms with Crippen LogP contribution in [0, 0.1) is 12.7 Å². The van der Waals surface area contributed by atoms with E-state index in [1.165, 1.54) is 17.0 Å². The second-order valence-corrected chi connectivity index (χ2v) is 4.10. The molecule has 0 nitrogen and oxygen atoms in total. The van der Waals surface area contributed by atoms with Gasteiger partial charge in [-0.05, 0) is 46.2 Å². The summed E-state index contributed by atoms with van der Waals surface area (Å²) in [5.41, 5.74) is 1.23. The second-order valence-electron chi connectivity index (χ2n) is 4.10. The molecule has 0 bridgehead atoms. The normalized spacial score (nSPS) is 11.1. The van der Waals surface area contributed by atoms with Crippen molar-refractivity contribution in [2.75, 3.05) is 0 Å². The van der Waals surface area contributed by atoms with E-state index in [1.54, 1.807) is 6.07 Å². The lowest BCUT2D eigenvalue weighted by atomic mass is 9.98. The first-order valence-electron chi connectivity index (χ1n) is 5.33. The number of fused-ring (bicyclic) bond motifs is 3. The van der Waals surface area contributed by atoms with Crippen LogP contribution in [0.5, 0.6) is 0 Å². The summed E-state index contributed by atoms with van der Waals surface area (Å²) in [5.74, 6) is -0.179. The molecule has 1 heteroatoms. The molecule has 0 spiro atoms. The zero-order valence-corrected chi connectivity index (χ0v) is 9.00. The third kappa shape index (κ3) is 1.28. The highest BCUT2D eigenvalue weighted by Gasteiger charge is 2.03. The number of benzene rings is 3. The van der Waals surface area contributed by atoms with Gasteiger partial charge < -0.3 is 0 Å². The molecule has 16 heavy (non-hydrogen) atoms. The standard InChI is InChI=1S/C15H11F/c1-10-8-11-6-7-12(16)9-15(11)14-5-3-2-4-13(10)14/h2-9H,1H3. The van der Waals surface area contributed by atoms with E-state index in [0.717, 1.165) is 16.2 Å². The van der Waals surface area contributed by atoms with E-state index in [0.29, 0.717) is 0 Å².